The molecule has 0 aliphatic heterocycles. The molecule has 0 bridgehead atoms. The van der Waals surface area contributed by atoms with Crippen LogP contribution in [0.4, 0.5) is 0 Å². The summed E-state index contributed by atoms with van der Waals surface area (Å²) >= 11 is 0. The van der Waals surface area contributed by atoms with Crippen molar-refractivity contribution in [3.05, 3.63) is 68.0 Å². The molecule has 1 atom stereocenters. The fraction of sp³-hybridized carbons (Fsp3) is 0.267. The number of rotatable bonds is 1. The van der Waals surface area contributed by atoms with Gasteiger partial charge in [-0.25, -0.2) is 4.79 Å². The first-order valence-electron chi connectivity index (χ1n) is 6.54. The van der Waals surface area contributed by atoms with E-state index in [4.69, 9.17) is 5.26 Å². The van der Waals surface area contributed by atoms with Gasteiger partial charge in [-0.05, 0) is 30.4 Å². The molecule has 0 saturated heterocycles. The molecule has 1 unspecified atom stereocenters. The molecule has 2 aromatic rings. The van der Waals surface area contributed by atoms with Crippen molar-refractivity contribution in [3.8, 4) is 6.07 Å². The van der Waals surface area contributed by atoms with Gasteiger partial charge >= 0.3 is 5.69 Å². The fourth-order valence-corrected chi connectivity index (χ4v) is 2.81. The SMILES string of the molecule is N#Cc1cn(C2CCCc3ccccc32)c(=O)[nH]c1=O. The van der Waals surface area contributed by atoms with Gasteiger partial charge in [0.05, 0.1) is 6.04 Å². The van der Waals surface area contributed by atoms with Crippen molar-refractivity contribution in [1.82, 2.24) is 9.55 Å². The number of aromatic amines is 1. The summed E-state index contributed by atoms with van der Waals surface area (Å²) in [4.78, 5) is 25.7. The number of hydrogen-bond acceptors (Lipinski definition) is 3. The van der Waals surface area contributed by atoms with Gasteiger partial charge in [-0.15, -0.1) is 0 Å². The van der Waals surface area contributed by atoms with Crippen LogP contribution in [0.15, 0.2) is 40.1 Å². The van der Waals surface area contributed by atoms with Gasteiger partial charge in [0, 0.05) is 6.20 Å². The Hall–Kier alpha value is -2.61. The molecule has 0 radical (unpaired) electrons. The summed E-state index contributed by atoms with van der Waals surface area (Å²) in [5.41, 5.74) is 1.19. The Labute approximate surface area is 115 Å². The van der Waals surface area contributed by atoms with E-state index >= 15 is 0 Å². The summed E-state index contributed by atoms with van der Waals surface area (Å²) in [6.07, 6.45) is 4.17. The predicted octanol–water partition coefficient (Wildman–Crippen LogP) is 1.33. The molecule has 1 aliphatic carbocycles. The molecule has 0 saturated carbocycles. The summed E-state index contributed by atoms with van der Waals surface area (Å²) < 4.78 is 1.47. The van der Waals surface area contributed by atoms with Gasteiger partial charge < -0.3 is 0 Å². The first kappa shape index (κ1) is 12.4. The summed E-state index contributed by atoms with van der Waals surface area (Å²) in [5.74, 6) is 0. The zero-order chi connectivity index (χ0) is 14.1. The zero-order valence-electron chi connectivity index (χ0n) is 10.8. The number of benzene rings is 1. The molecular weight excluding hydrogens is 254 g/mol. The Morgan fingerprint density at radius 3 is 2.90 bits per heavy atom. The molecule has 1 aliphatic rings. The highest BCUT2D eigenvalue weighted by Crippen LogP contribution is 2.31. The van der Waals surface area contributed by atoms with Crippen molar-refractivity contribution < 1.29 is 0 Å². The Morgan fingerprint density at radius 2 is 2.10 bits per heavy atom. The van der Waals surface area contributed by atoms with Gasteiger partial charge in [-0.1, -0.05) is 24.3 Å². The minimum absolute atomic E-state index is 0.0346. The number of nitriles is 1. The highest BCUT2D eigenvalue weighted by Gasteiger charge is 2.22. The van der Waals surface area contributed by atoms with Gasteiger partial charge in [-0.2, -0.15) is 5.26 Å². The standard InChI is InChI=1S/C15H13N3O2/c16-8-11-9-18(15(20)17-14(11)19)13-7-3-5-10-4-1-2-6-12(10)13/h1-2,4,6,9,13H,3,5,7H2,(H,17,19,20). The Bertz CT molecular complexity index is 811. The van der Waals surface area contributed by atoms with Gasteiger partial charge in [0.15, 0.2) is 0 Å². The van der Waals surface area contributed by atoms with Crippen LogP contribution in [0.3, 0.4) is 0 Å². The molecule has 1 N–H and O–H groups in total. The van der Waals surface area contributed by atoms with Crippen molar-refractivity contribution in [1.29, 1.82) is 5.26 Å². The lowest BCUT2D eigenvalue weighted by molar-refractivity contribution is 0.469. The van der Waals surface area contributed by atoms with Crippen LogP contribution in [0.1, 0.15) is 35.6 Å². The molecule has 20 heavy (non-hydrogen) atoms. The van der Waals surface area contributed by atoms with Crippen LogP contribution in [0.25, 0.3) is 0 Å². The van der Waals surface area contributed by atoms with Gasteiger partial charge in [0.1, 0.15) is 11.6 Å². The molecule has 1 aromatic carbocycles. The molecule has 3 rings (SSSR count). The van der Waals surface area contributed by atoms with Crippen molar-refractivity contribution >= 4 is 0 Å². The minimum atomic E-state index is -0.627. The van der Waals surface area contributed by atoms with Crippen LogP contribution in [0.2, 0.25) is 0 Å². The van der Waals surface area contributed by atoms with Gasteiger partial charge in [-0.3, -0.25) is 14.3 Å². The van der Waals surface area contributed by atoms with E-state index in [0.29, 0.717) is 0 Å². The lowest BCUT2D eigenvalue weighted by Crippen LogP contribution is -2.35. The second-order valence-corrected chi connectivity index (χ2v) is 4.93. The minimum Gasteiger partial charge on any atom is -0.292 e. The van der Waals surface area contributed by atoms with Crippen LogP contribution < -0.4 is 11.2 Å². The number of fused-ring (bicyclic) bond motifs is 1. The normalized spacial score (nSPS) is 17.2. The summed E-state index contributed by atoms with van der Waals surface area (Å²) in [6.45, 7) is 0. The number of aromatic nitrogens is 2. The maximum atomic E-state index is 12.0. The summed E-state index contributed by atoms with van der Waals surface area (Å²) in [5, 5.41) is 8.94. The lowest BCUT2D eigenvalue weighted by Gasteiger charge is -2.26. The average molecular weight is 267 g/mol. The third kappa shape index (κ3) is 1.95. The van der Waals surface area contributed by atoms with Crippen molar-refractivity contribution in [2.24, 2.45) is 0 Å². The number of aryl methyl sites for hydroxylation is 1. The van der Waals surface area contributed by atoms with Crippen LogP contribution in [-0.4, -0.2) is 9.55 Å². The molecule has 0 spiro atoms. The summed E-state index contributed by atoms with van der Waals surface area (Å²) in [7, 11) is 0. The number of H-pyrrole nitrogens is 1. The van der Waals surface area contributed by atoms with Crippen LogP contribution in [0, 0.1) is 11.3 Å². The molecule has 0 amide bonds. The molecule has 100 valence electrons. The van der Waals surface area contributed by atoms with E-state index in [2.05, 4.69) is 11.1 Å². The van der Waals surface area contributed by atoms with Crippen LogP contribution >= 0.6 is 0 Å². The second kappa shape index (κ2) is 4.82. The number of nitrogens with one attached hydrogen (secondary N) is 1. The van der Waals surface area contributed by atoms with E-state index in [1.807, 2.05) is 24.3 Å². The highest BCUT2D eigenvalue weighted by atomic mass is 16.2. The molecule has 5 nitrogen and oxygen atoms in total. The first-order chi connectivity index (χ1) is 9.70. The Balaban J connectivity index is 2.19. The third-order valence-electron chi connectivity index (χ3n) is 3.76. The summed E-state index contributed by atoms with van der Waals surface area (Å²) in [6, 6.07) is 9.70. The predicted molar refractivity (Wildman–Crippen MR) is 73.6 cm³/mol. The van der Waals surface area contributed by atoms with E-state index in [-0.39, 0.29) is 11.6 Å². The maximum absolute atomic E-state index is 12.0. The van der Waals surface area contributed by atoms with E-state index in [1.165, 1.54) is 16.3 Å². The molecule has 1 heterocycles. The van der Waals surface area contributed by atoms with E-state index in [1.54, 1.807) is 0 Å². The Morgan fingerprint density at radius 1 is 1.30 bits per heavy atom. The van der Waals surface area contributed by atoms with Crippen LogP contribution in [0.5, 0.6) is 0 Å². The van der Waals surface area contributed by atoms with Crippen LogP contribution in [-0.2, 0) is 6.42 Å². The Kier molecular flexibility index (Phi) is 2.99. The average Bonchev–Trinajstić information content (AvgIpc) is 2.47. The largest absolute Gasteiger partial charge is 0.328 e. The third-order valence-corrected chi connectivity index (χ3v) is 3.76. The van der Waals surface area contributed by atoms with Crippen molar-refractivity contribution in [2.75, 3.05) is 0 Å². The lowest BCUT2D eigenvalue weighted by atomic mass is 9.87. The van der Waals surface area contributed by atoms with Crippen molar-refractivity contribution in [2.45, 2.75) is 25.3 Å². The smallest absolute Gasteiger partial charge is 0.292 e. The second-order valence-electron chi connectivity index (χ2n) is 4.93. The maximum Gasteiger partial charge on any atom is 0.328 e. The topological polar surface area (TPSA) is 78.7 Å². The zero-order valence-corrected chi connectivity index (χ0v) is 10.8. The molecule has 0 fully saturated rings. The molecular formula is C15H13N3O2. The number of hydrogen-bond donors (Lipinski definition) is 1. The van der Waals surface area contributed by atoms with Gasteiger partial charge in [0.25, 0.3) is 5.56 Å². The quantitative estimate of drug-likeness (QED) is 0.846. The van der Waals surface area contributed by atoms with E-state index in [0.717, 1.165) is 24.8 Å². The molecule has 1 aromatic heterocycles. The number of nitrogens with zero attached hydrogens (tertiary/aromatic N) is 2. The van der Waals surface area contributed by atoms with E-state index in [9.17, 15) is 9.59 Å². The van der Waals surface area contributed by atoms with Gasteiger partial charge in [0.2, 0.25) is 0 Å². The monoisotopic (exact) mass is 267 g/mol. The highest BCUT2D eigenvalue weighted by molar-refractivity contribution is 5.33. The van der Waals surface area contributed by atoms with Crippen molar-refractivity contribution in [3.63, 3.8) is 0 Å². The fourth-order valence-electron chi connectivity index (χ4n) is 2.81. The molecule has 5 heteroatoms. The van der Waals surface area contributed by atoms with E-state index < -0.39 is 11.2 Å². The first-order valence-corrected chi connectivity index (χ1v) is 6.54.